The highest BCUT2D eigenvalue weighted by Gasteiger charge is 2.19. The molecule has 21 heavy (non-hydrogen) atoms. The summed E-state index contributed by atoms with van der Waals surface area (Å²) < 4.78 is 26.3. The van der Waals surface area contributed by atoms with E-state index in [0.29, 0.717) is 6.42 Å². The van der Waals surface area contributed by atoms with Crippen LogP contribution in [0.2, 0.25) is 0 Å². The van der Waals surface area contributed by atoms with Crippen LogP contribution in [0.25, 0.3) is 0 Å². The Balaban J connectivity index is 2.54. The average molecular weight is 297 g/mol. The van der Waals surface area contributed by atoms with Crippen LogP contribution in [0.3, 0.4) is 0 Å². The normalized spacial score (nSPS) is 11.7. The van der Waals surface area contributed by atoms with E-state index in [2.05, 4.69) is 11.9 Å². The zero-order valence-corrected chi connectivity index (χ0v) is 11.4. The third-order valence-electron chi connectivity index (χ3n) is 2.92. The summed E-state index contributed by atoms with van der Waals surface area (Å²) in [5.41, 5.74) is 0.0862. The van der Waals surface area contributed by atoms with Gasteiger partial charge in [-0.2, -0.15) is 0 Å². The number of rotatable bonds is 8. The van der Waals surface area contributed by atoms with E-state index in [1.54, 1.807) is 6.08 Å². The lowest BCUT2D eigenvalue weighted by Gasteiger charge is -2.13. The van der Waals surface area contributed by atoms with Gasteiger partial charge in [0.2, 0.25) is 5.91 Å². The molecule has 0 spiro atoms. The first-order chi connectivity index (χ1) is 9.93. The highest BCUT2D eigenvalue weighted by molar-refractivity contribution is 5.83. The molecule has 0 aliphatic carbocycles. The van der Waals surface area contributed by atoms with E-state index in [9.17, 15) is 18.4 Å². The van der Waals surface area contributed by atoms with Crippen LogP contribution in [0.5, 0.6) is 0 Å². The molecule has 1 aromatic carbocycles. The van der Waals surface area contributed by atoms with E-state index < -0.39 is 29.6 Å². The van der Waals surface area contributed by atoms with Crippen LogP contribution in [0, 0.1) is 11.6 Å². The topological polar surface area (TPSA) is 66.4 Å². The maximum absolute atomic E-state index is 13.4. The first-order valence-corrected chi connectivity index (χ1v) is 6.51. The van der Waals surface area contributed by atoms with Crippen LogP contribution in [0.15, 0.2) is 30.9 Å². The predicted octanol–water partition coefficient (Wildman–Crippen LogP) is 2.43. The zero-order chi connectivity index (χ0) is 15.8. The number of carboxylic acids is 1. The molecule has 1 rings (SSSR count). The number of halogens is 2. The van der Waals surface area contributed by atoms with Crippen LogP contribution in [0.4, 0.5) is 8.78 Å². The highest BCUT2D eigenvalue weighted by Crippen LogP contribution is 2.12. The van der Waals surface area contributed by atoms with Crippen LogP contribution < -0.4 is 5.32 Å². The van der Waals surface area contributed by atoms with Crippen molar-refractivity contribution in [2.75, 3.05) is 0 Å². The molecule has 1 aromatic rings. The summed E-state index contributed by atoms with van der Waals surface area (Å²) >= 11 is 0. The lowest BCUT2D eigenvalue weighted by atomic mass is 10.1. The van der Waals surface area contributed by atoms with Gasteiger partial charge >= 0.3 is 5.97 Å². The van der Waals surface area contributed by atoms with Crippen molar-refractivity contribution in [2.24, 2.45) is 0 Å². The van der Waals surface area contributed by atoms with Crippen LogP contribution in [0.1, 0.15) is 24.8 Å². The molecule has 0 bridgehead atoms. The molecule has 1 unspecified atom stereocenters. The van der Waals surface area contributed by atoms with E-state index in [0.717, 1.165) is 18.2 Å². The number of hydrogen-bond donors (Lipinski definition) is 2. The van der Waals surface area contributed by atoms with Crippen molar-refractivity contribution in [1.29, 1.82) is 0 Å². The third kappa shape index (κ3) is 5.72. The Bertz CT molecular complexity index is 532. The number of hydrogen-bond acceptors (Lipinski definition) is 2. The number of carbonyl (C=O) groups excluding carboxylic acids is 1. The lowest BCUT2D eigenvalue weighted by molar-refractivity contribution is -0.142. The fraction of sp³-hybridized carbons (Fsp3) is 0.333. The largest absolute Gasteiger partial charge is 0.480 e. The van der Waals surface area contributed by atoms with Crippen molar-refractivity contribution in [3.63, 3.8) is 0 Å². The van der Waals surface area contributed by atoms with Gasteiger partial charge in [-0.25, -0.2) is 13.6 Å². The number of allylic oxidation sites excluding steroid dienone is 1. The summed E-state index contributed by atoms with van der Waals surface area (Å²) in [5, 5.41) is 11.3. The van der Waals surface area contributed by atoms with Gasteiger partial charge in [0, 0.05) is 6.42 Å². The molecule has 1 amide bonds. The molecule has 0 heterocycles. The molecule has 4 nitrogen and oxygen atoms in total. The van der Waals surface area contributed by atoms with Gasteiger partial charge in [-0.05, 0) is 43.0 Å². The van der Waals surface area contributed by atoms with Crippen molar-refractivity contribution < 1.29 is 23.5 Å². The highest BCUT2D eigenvalue weighted by atomic mass is 19.1. The summed E-state index contributed by atoms with van der Waals surface area (Å²) in [6.07, 6.45) is 2.14. The lowest BCUT2D eigenvalue weighted by Crippen LogP contribution is -2.40. The number of aliphatic carboxylic acids is 1. The predicted molar refractivity (Wildman–Crippen MR) is 73.7 cm³/mol. The van der Waals surface area contributed by atoms with Crippen molar-refractivity contribution >= 4 is 11.9 Å². The monoisotopic (exact) mass is 297 g/mol. The molecule has 0 radical (unpaired) electrons. The second-order valence-corrected chi connectivity index (χ2v) is 4.56. The Kier molecular flexibility index (Phi) is 6.52. The first-order valence-electron chi connectivity index (χ1n) is 6.51. The minimum absolute atomic E-state index is 0.00320. The Morgan fingerprint density at radius 3 is 2.71 bits per heavy atom. The molecule has 0 aromatic heterocycles. The Morgan fingerprint density at radius 1 is 1.38 bits per heavy atom. The second kappa shape index (κ2) is 8.14. The molecule has 1 atom stereocenters. The second-order valence-electron chi connectivity index (χ2n) is 4.56. The van der Waals surface area contributed by atoms with Gasteiger partial charge in [0.05, 0.1) is 0 Å². The summed E-state index contributed by atoms with van der Waals surface area (Å²) in [6, 6.07) is 2.00. The number of amides is 1. The molecule has 6 heteroatoms. The number of aryl methyl sites for hydroxylation is 1. The van der Waals surface area contributed by atoms with E-state index in [1.165, 1.54) is 0 Å². The fourth-order valence-electron chi connectivity index (χ4n) is 1.79. The molecule has 2 N–H and O–H groups in total. The van der Waals surface area contributed by atoms with E-state index in [-0.39, 0.29) is 24.8 Å². The Morgan fingerprint density at radius 2 is 2.10 bits per heavy atom. The third-order valence-corrected chi connectivity index (χ3v) is 2.92. The summed E-state index contributed by atoms with van der Waals surface area (Å²) in [6.45, 7) is 3.48. The molecule has 0 saturated carbocycles. The number of carbonyl (C=O) groups is 2. The van der Waals surface area contributed by atoms with Gasteiger partial charge in [-0.15, -0.1) is 6.58 Å². The molecular formula is C15H17F2NO3. The standard InChI is InChI=1S/C15H17F2NO3/c1-2-3-4-13(15(20)21)18-14(19)8-5-10-9-11(16)6-7-12(10)17/h2,6-7,9,13H,1,3-5,8H2,(H,18,19)(H,20,21). The smallest absolute Gasteiger partial charge is 0.326 e. The van der Waals surface area contributed by atoms with Gasteiger partial charge in [-0.3, -0.25) is 4.79 Å². The fourth-order valence-corrected chi connectivity index (χ4v) is 1.79. The van der Waals surface area contributed by atoms with Gasteiger partial charge in [0.15, 0.2) is 0 Å². The minimum Gasteiger partial charge on any atom is -0.480 e. The van der Waals surface area contributed by atoms with Crippen molar-refractivity contribution in [2.45, 2.75) is 31.7 Å². The van der Waals surface area contributed by atoms with Crippen LogP contribution in [-0.2, 0) is 16.0 Å². The average Bonchev–Trinajstić information content (AvgIpc) is 2.44. The molecule has 0 fully saturated rings. The Hall–Kier alpha value is -2.24. The molecule has 0 aliphatic rings. The van der Waals surface area contributed by atoms with Crippen molar-refractivity contribution in [3.05, 3.63) is 48.1 Å². The van der Waals surface area contributed by atoms with Gasteiger partial charge < -0.3 is 10.4 Å². The SMILES string of the molecule is C=CCCC(NC(=O)CCc1cc(F)ccc1F)C(=O)O. The van der Waals surface area contributed by atoms with Gasteiger partial charge in [-0.1, -0.05) is 6.08 Å². The molecule has 0 aliphatic heterocycles. The quantitative estimate of drug-likeness (QED) is 0.724. The van der Waals surface area contributed by atoms with Gasteiger partial charge in [0.25, 0.3) is 0 Å². The number of carboxylic acid groups (broad SMARTS) is 1. The number of benzene rings is 1. The summed E-state index contributed by atoms with van der Waals surface area (Å²) in [4.78, 5) is 22.6. The van der Waals surface area contributed by atoms with E-state index in [1.807, 2.05) is 0 Å². The van der Waals surface area contributed by atoms with Crippen LogP contribution >= 0.6 is 0 Å². The zero-order valence-electron chi connectivity index (χ0n) is 11.4. The maximum Gasteiger partial charge on any atom is 0.326 e. The summed E-state index contributed by atoms with van der Waals surface area (Å²) in [5.74, 6) is -2.83. The minimum atomic E-state index is -1.14. The first kappa shape index (κ1) is 16.8. The number of nitrogens with one attached hydrogen (secondary N) is 1. The van der Waals surface area contributed by atoms with Crippen molar-refractivity contribution in [3.8, 4) is 0 Å². The summed E-state index contributed by atoms with van der Waals surface area (Å²) in [7, 11) is 0. The molecule has 114 valence electrons. The molecule has 0 saturated heterocycles. The maximum atomic E-state index is 13.4. The van der Waals surface area contributed by atoms with E-state index >= 15 is 0 Å². The molecular weight excluding hydrogens is 280 g/mol. The van der Waals surface area contributed by atoms with E-state index in [4.69, 9.17) is 5.11 Å². The Labute approximate surface area is 121 Å². The van der Waals surface area contributed by atoms with Crippen LogP contribution in [-0.4, -0.2) is 23.0 Å². The van der Waals surface area contributed by atoms with Gasteiger partial charge in [0.1, 0.15) is 17.7 Å². The van der Waals surface area contributed by atoms with Crippen molar-refractivity contribution in [1.82, 2.24) is 5.32 Å².